The van der Waals surface area contributed by atoms with E-state index in [0.717, 1.165) is 39.1 Å². The van der Waals surface area contributed by atoms with Gasteiger partial charge in [0.2, 0.25) is 0 Å². The van der Waals surface area contributed by atoms with E-state index in [2.05, 4.69) is 10.2 Å². The molecule has 2 rings (SSSR count). The first-order chi connectivity index (χ1) is 8.75. The molecule has 0 aliphatic carbocycles. The van der Waals surface area contributed by atoms with Gasteiger partial charge in [-0.25, -0.2) is 4.79 Å². The summed E-state index contributed by atoms with van der Waals surface area (Å²) < 4.78 is 0. The van der Waals surface area contributed by atoms with E-state index in [0.29, 0.717) is 19.0 Å². The van der Waals surface area contributed by atoms with Crippen molar-refractivity contribution >= 4 is 6.09 Å². The topological polar surface area (TPSA) is 55.8 Å². The summed E-state index contributed by atoms with van der Waals surface area (Å²) in [7, 11) is 0. The van der Waals surface area contributed by atoms with Gasteiger partial charge in [-0.3, -0.25) is 0 Å². The molecule has 1 amide bonds. The molecule has 0 radical (unpaired) electrons. The van der Waals surface area contributed by atoms with Gasteiger partial charge in [-0.2, -0.15) is 0 Å². The highest BCUT2D eigenvalue weighted by Crippen LogP contribution is 2.11. The molecule has 104 valence electrons. The predicted octanol–water partition coefficient (Wildman–Crippen LogP) is 1.06. The van der Waals surface area contributed by atoms with Crippen molar-refractivity contribution in [1.82, 2.24) is 15.1 Å². The third-order valence-electron chi connectivity index (χ3n) is 4.05. The summed E-state index contributed by atoms with van der Waals surface area (Å²) in [4.78, 5) is 15.2. The summed E-state index contributed by atoms with van der Waals surface area (Å²) in [5, 5.41) is 12.5. The molecule has 18 heavy (non-hydrogen) atoms. The number of nitrogens with one attached hydrogen (secondary N) is 1. The Morgan fingerprint density at radius 3 is 2.72 bits per heavy atom. The first-order valence-corrected chi connectivity index (χ1v) is 7.16. The van der Waals surface area contributed by atoms with E-state index < -0.39 is 6.09 Å². The van der Waals surface area contributed by atoms with Crippen LogP contribution in [0.25, 0.3) is 0 Å². The van der Waals surface area contributed by atoms with Crippen molar-refractivity contribution in [3.8, 4) is 0 Å². The molecule has 1 unspecified atom stereocenters. The molecule has 2 fully saturated rings. The summed E-state index contributed by atoms with van der Waals surface area (Å²) in [6, 6.07) is 0. The lowest BCUT2D eigenvalue weighted by atomic mass is 10.1. The normalized spacial score (nSPS) is 25.2. The average Bonchev–Trinajstić information content (AvgIpc) is 2.88. The molecule has 0 aromatic heterocycles. The summed E-state index contributed by atoms with van der Waals surface area (Å²) >= 11 is 0. The van der Waals surface area contributed by atoms with E-state index in [4.69, 9.17) is 0 Å². The minimum atomic E-state index is -0.765. The fraction of sp³-hybridized carbons (Fsp3) is 0.923. The largest absolute Gasteiger partial charge is 0.465 e. The van der Waals surface area contributed by atoms with Crippen LogP contribution in [-0.4, -0.2) is 66.8 Å². The Morgan fingerprint density at radius 1 is 1.33 bits per heavy atom. The molecule has 1 atom stereocenters. The van der Waals surface area contributed by atoms with E-state index in [1.807, 2.05) is 0 Å². The van der Waals surface area contributed by atoms with E-state index in [9.17, 15) is 9.90 Å². The van der Waals surface area contributed by atoms with Crippen LogP contribution in [0, 0.1) is 5.92 Å². The number of likely N-dealkylation sites (tertiary alicyclic amines) is 1. The maximum Gasteiger partial charge on any atom is 0.407 e. The SMILES string of the molecule is O=C(O)N(CCN1CCCCC1)CC1CCNC1. The van der Waals surface area contributed by atoms with Crippen molar-refractivity contribution in [2.45, 2.75) is 25.7 Å². The Kier molecular flexibility index (Phi) is 5.26. The molecular weight excluding hydrogens is 230 g/mol. The van der Waals surface area contributed by atoms with Gasteiger partial charge in [-0.15, -0.1) is 0 Å². The molecule has 5 nitrogen and oxygen atoms in total. The van der Waals surface area contributed by atoms with Gasteiger partial charge in [0.05, 0.1) is 0 Å². The average molecular weight is 255 g/mol. The number of piperidine rings is 1. The predicted molar refractivity (Wildman–Crippen MR) is 70.9 cm³/mol. The molecule has 2 N–H and O–H groups in total. The minimum absolute atomic E-state index is 0.502. The molecule has 0 saturated carbocycles. The third-order valence-corrected chi connectivity index (χ3v) is 4.05. The van der Waals surface area contributed by atoms with E-state index >= 15 is 0 Å². The van der Waals surface area contributed by atoms with Gasteiger partial charge >= 0.3 is 6.09 Å². The van der Waals surface area contributed by atoms with Crippen LogP contribution in [0.15, 0.2) is 0 Å². The quantitative estimate of drug-likeness (QED) is 0.771. The Hall–Kier alpha value is -0.810. The third kappa shape index (κ3) is 4.14. The minimum Gasteiger partial charge on any atom is -0.465 e. The Bertz CT molecular complexity index is 261. The standard InChI is InChI=1S/C13H25N3O2/c17-13(18)16(11-12-4-5-14-10-12)9-8-15-6-2-1-3-7-15/h12,14H,1-11H2,(H,17,18). The molecule has 0 spiro atoms. The second kappa shape index (κ2) is 6.95. The fourth-order valence-electron chi connectivity index (χ4n) is 2.89. The number of amides is 1. The van der Waals surface area contributed by atoms with Gasteiger partial charge in [0, 0.05) is 19.6 Å². The molecule has 2 saturated heterocycles. The monoisotopic (exact) mass is 255 g/mol. The Balaban J connectivity index is 1.72. The van der Waals surface area contributed by atoms with Crippen LogP contribution in [0.4, 0.5) is 4.79 Å². The summed E-state index contributed by atoms with van der Waals surface area (Å²) in [5.41, 5.74) is 0. The van der Waals surface area contributed by atoms with Crippen LogP contribution in [0.5, 0.6) is 0 Å². The summed E-state index contributed by atoms with van der Waals surface area (Å²) in [6.07, 6.45) is 4.19. The van der Waals surface area contributed by atoms with Crippen molar-refractivity contribution in [1.29, 1.82) is 0 Å². The van der Waals surface area contributed by atoms with Crippen molar-refractivity contribution < 1.29 is 9.90 Å². The smallest absolute Gasteiger partial charge is 0.407 e. The first kappa shape index (κ1) is 13.6. The van der Waals surface area contributed by atoms with Gasteiger partial charge in [0.15, 0.2) is 0 Å². The van der Waals surface area contributed by atoms with E-state index in [1.165, 1.54) is 19.3 Å². The zero-order chi connectivity index (χ0) is 12.8. The first-order valence-electron chi connectivity index (χ1n) is 7.16. The van der Waals surface area contributed by atoms with Crippen LogP contribution in [0.1, 0.15) is 25.7 Å². The number of carbonyl (C=O) groups is 1. The summed E-state index contributed by atoms with van der Waals surface area (Å²) in [6.45, 7) is 6.52. The van der Waals surface area contributed by atoms with Gasteiger partial charge in [-0.1, -0.05) is 6.42 Å². The maximum atomic E-state index is 11.2. The van der Waals surface area contributed by atoms with Gasteiger partial charge in [0.1, 0.15) is 0 Å². The van der Waals surface area contributed by atoms with Gasteiger partial charge in [0.25, 0.3) is 0 Å². The number of rotatable bonds is 5. The fourth-order valence-corrected chi connectivity index (χ4v) is 2.89. The molecule has 2 aliphatic rings. The molecule has 0 aromatic carbocycles. The van der Waals surface area contributed by atoms with Crippen LogP contribution in [0.3, 0.4) is 0 Å². The number of hydrogen-bond acceptors (Lipinski definition) is 3. The molecule has 0 aromatic rings. The lowest BCUT2D eigenvalue weighted by molar-refractivity contribution is 0.125. The second-order valence-corrected chi connectivity index (χ2v) is 5.49. The lowest BCUT2D eigenvalue weighted by Gasteiger charge is -2.29. The highest BCUT2D eigenvalue weighted by Gasteiger charge is 2.22. The number of carboxylic acid groups (broad SMARTS) is 1. The number of hydrogen-bond donors (Lipinski definition) is 2. The second-order valence-electron chi connectivity index (χ2n) is 5.49. The molecular formula is C13H25N3O2. The summed E-state index contributed by atoms with van der Waals surface area (Å²) in [5.74, 6) is 0.502. The number of nitrogens with zero attached hydrogens (tertiary/aromatic N) is 2. The molecule has 2 aliphatic heterocycles. The van der Waals surface area contributed by atoms with Crippen LogP contribution >= 0.6 is 0 Å². The van der Waals surface area contributed by atoms with Crippen molar-refractivity contribution in [2.24, 2.45) is 5.92 Å². The highest BCUT2D eigenvalue weighted by atomic mass is 16.4. The van der Waals surface area contributed by atoms with Gasteiger partial charge in [-0.05, 0) is 51.4 Å². The Labute approximate surface area is 109 Å². The zero-order valence-corrected chi connectivity index (χ0v) is 11.1. The lowest BCUT2D eigenvalue weighted by Crippen LogP contribution is -2.42. The molecule has 5 heteroatoms. The van der Waals surface area contributed by atoms with Crippen molar-refractivity contribution in [3.63, 3.8) is 0 Å². The zero-order valence-electron chi connectivity index (χ0n) is 11.1. The van der Waals surface area contributed by atoms with Crippen molar-refractivity contribution in [2.75, 3.05) is 45.8 Å². The van der Waals surface area contributed by atoms with E-state index in [-0.39, 0.29) is 0 Å². The van der Waals surface area contributed by atoms with Crippen LogP contribution in [-0.2, 0) is 0 Å². The Morgan fingerprint density at radius 2 is 2.11 bits per heavy atom. The van der Waals surface area contributed by atoms with E-state index in [1.54, 1.807) is 4.90 Å². The molecule has 0 bridgehead atoms. The highest BCUT2D eigenvalue weighted by molar-refractivity contribution is 5.64. The van der Waals surface area contributed by atoms with Gasteiger partial charge < -0.3 is 20.2 Å². The maximum absolute atomic E-state index is 11.2. The van der Waals surface area contributed by atoms with Crippen molar-refractivity contribution in [3.05, 3.63) is 0 Å². The van der Waals surface area contributed by atoms with Crippen LogP contribution < -0.4 is 5.32 Å². The van der Waals surface area contributed by atoms with Crippen LogP contribution in [0.2, 0.25) is 0 Å². The molecule has 2 heterocycles.